The van der Waals surface area contributed by atoms with Gasteiger partial charge in [-0.3, -0.25) is 4.79 Å². The Morgan fingerprint density at radius 1 is 1.05 bits per heavy atom. The van der Waals surface area contributed by atoms with Crippen molar-refractivity contribution in [3.63, 3.8) is 0 Å². The summed E-state index contributed by atoms with van der Waals surface area (Å²) in [6.07, 6.45) is 4.89. The third-order valence-corrected chi connectivity index (χ3v) is 3.25. The Morgan fingerprint density at radius 2 is 1.82 bits per heavy atom. The van der Waals surface area contributed by atoms with E-state index in [1.54, 1.807) is 18.5 Å². The highest BCUT2D eigenvalue weighted by Gasteiger charge is 2.05. The maximum Gasteiger partial charge on any atom is 0.152 e. The van der Waals surface area contributed by atoms with Crippen LogP contribution in [0.4, 0.5) is 11.5 Å². The molecular formula is C18H15N3O. The molecule has 0 bridgehead atoms. The Labute approximate surface area is 128 Å². The van der Waals surface area contributed by atoms with Crippen molar-refractivity contribution >= 4 is 34.3 Å². The van der Waals surface area contributed by atoms with Gasteiger partial charge in [0.05, 0.1) is 5.52 Å². The van der Waals surface area contributed by atoms with Crippen LogP contribution in [0.1, 0.15) is 12.5 Å². The van der Waals surface area contributed by atoms with Crippen LogP contribution in [-0.4, -0.2) is 15.8 Å². The van der Waals surface area contributed by atoms with Gasteiger partial charge in [-0.05, 0) is 42.8 Å². The molecule has 1 aromatic heterocycles. The molecule has 0 aliphatic carbocycles. The molecule has 108 valence electrons. The van der Waals surface area contributed by atoms with Crippen molar-refractivity contribution < 1.29 is 4.79 Å². The number of fused-ring (bicyclic) bond motifs is 1. The van der Waals surface area contributed by atoms with Crippen molar-refractivity contribution in [2.45, 2.75) is 6.92 Å². The van der Waals surface area contributed by atoms with Gasteiger partial charge >= 0.3 is 0 Å². The quantitative estimate of drug-likeness (QED) is 0.738. The number of carbonyl (C=O) groups is 1. The van der Waals surface area contributed by atoms with E-state index < -0.39 is 0 Å². The van der Waals surface area contributed by atoms with Crippen molar-refractivity contribution in [2.75, 3.05) is 5.32 Å². The number of para-hydroxylation sites is 2. The summed E-state index contributed by atoms with van der Waals surface area (Å²) in [5.41, 5.74) is 2.71. The summed E-state index contributed by atoms with van der Waals surface area (Å²) < 4.78 is 0. The van der Waals surface area contributed by atoms with Gasteiger partial charge in [0.15, 0.2) is 5.78 Å². The molecule has 0 saturated heterocycles. The van der Waals surface area contributed by atoms with Crippen LogP contribution >= 0.6 is 0 Å². The van der Waals surface area contributed by atoms with E-state index in [0.29, 0.717) is 0 Å². The molecule has 1 N–H and O–H groups in total. The first-order valence-corrected chi connectivity index (χ1v) is 6.98. The fourth-order valence-corrected chi connectivity index (χ4v) is 2.20. The molecule has 4 nitrogen and oxygen atoms in total. The van der Waals surface area contributed by atoms with Gasteiger partial charge in [-0.2, -0.15) is 0 Å². The second-order valence-electron chi connectivity index (χ2n) is 4.90. The Morgan fingerprint density at radius 3 is 2.68 bits per heavy atom. The number of rotatable bonds is 4. The number of hydrogen-bond acceptors (Lipinski definition) is 4. The lowest BCUT2D eigenvalue weighted by Crippen LogP contribution is -1.97. The number of allylic oxidation sites excluding steroid dienone is 1. The van der Waals surface area contributed by atoms with Gasteiger partial charge in [0.1, 0.15) is 12.1 Å². The summed E-state index contributed by atoms with van der Waals surface area (Å²) >= 11 is 0. The first-order chi connectivity index (χ1) is 10.7. The molecule has 2 aromatic carbocycles. The van der Waals surface area contributed by atoms with E-state index in [1.807, 2.05) is 48.5 Å². The van der Waals surface area contributed by atoms with Crippen molar-refractivity contribution in [2.24, 2.45) is 0 Å². The van der Waals surface area contributed by atoms with E-state index in [-0.39, 0.29) is 5.78 Å². The van der Waals surface area contributed by atoms with Crippen molar-refractivity contribution in [3.05, 3.63) is 66.5 Å². The van der Waals surface area contributed by atoms with Gasteiger partial charge in [-0.25, -0.2) is 9.97 Å². The summed E-state index contributed by atoms with van der Waals surface area (Å²) in [5, 5.41) is 4.28. The highest BCUT2D eigenvalue weighted by molar-refractivity contribution is 5.94. The SMILES string of the molecule is CC(=O)C=Cc1ccccc1Nc1ncnc2ccccc12. The fraction of sp³-hybridized carbons (Fsp3) is 0.0556. The summed E-state index contributed by atoms with van der Waals surface area (Å²) in [6, 6.07) is 15.6. The predicted molar refractivity (Wildman–Crippen MR) is 89.0 cm³/mol. The van der Waals surface area contributed by atoms with Crippen LogP contribution in [0.15, 0.2) is 60.9 Å². The number of anilines is 2. The van der Waals surface area contributed by atoms with Gasteiger partial charge in [0, 0.05) is 11.1 Å². The smallest absolute Gasteiger partial charge is 0.152 e. The maximum absolute atomic E-state index is 11.1. The van der Waals surface area contributed by atoms with E-state index in [0.717, 1.165) is 28.0 Å². The molecule has 0 amide bonds. The number of nitrogens with one attached hydrogen (secondary N) is 1. The van der Waals surface area contributed by atoms with Gasteiger partial charge in [-0.15, -0.1) is 0 Å². The van der Waals surface area contributed by atoms with Crippen LogP contribution in [0.3, 0.4) is 0 Å². The first-order valence-electron chi connectivity index (χ1n) is 6.98. The maximum atomic E-state index is 11.1. The third-order valence-electron chi connectivity index (χ3n) is 3.25. The number of aromatic nitrogens is 2. The zero-order valence-electron chi connectivity index (χ0n) is 12.2. The second kappa shape index (κ2) is 6.18. The lowest BCUT2D eigenvalue weighted by molar-refractivity contribution is -0.112. The summed E-state index contributed by atoms with van der Waals surface area (Å²) in [4.78, 5) is 19.7. The minimum Gasteiger partial charge on any atom is -0.339 e. The number of carbonyl (C=O) groups excluding carboxylic acids is 1. The molecule has 1 heterocycles. The lowest BCUT2D eigenvalue weighted by Gasteiger charge is -2.10. The Hall–Kier alpha value is -3.01. The van der Waals surface area contributed by atoms with E-state index in [4.69, 9.17) is 0 Å². The van der Waals surface area contributed by atoms with Crippen molar-refractivity contribution in [1.82, 2.24) is 9.97 Å². The van der Waals surface area contributed by atoms with E-state index in [1.165, 1.54) is 6.92 Å². The van der Waals surface area contributed by atoms with Crippen LogP contribution in [0.25, 0.3) is 17.0 Å². The molecule has 0 unspecified atom stereocenters. The first kappa shape index (κ1) is 13.9. The van der Waals surface area contributed by atoms with Crippen LogP contribution in [0, 0.1) is 0 Å². The standard InChI is InChI=1S/C18H15N3O/c1-13(22)10-11-14-6-2-4-8-16(14)21-18-15-7-3-5-9-17(15)19-12-20-18/h2-12H,1H3,(H,19,20,21). The van der Waals surface area contributed by atoms with Gasteiger partial charge in [0.2, 0.25) is 0 Å². The molecule has 0 spiro atoms. The molecule has 0 aliphatic rings. The normalized spacial score (nSPS) is 11.0. The van der Waals surface area contributed by atoms with Crippen LogP contribution in [0.5, 0.6) is 0 Å². The number of benzene rings is 2. The average molecular weight is 289 g/mol. The molecule has 0 fully saturated rings. The monoisotopic (exact) mass is 289 g/mol. The Balaban J connectivity index is 2.01. The zero-order chi connectivity index (χ0) is 15.4. The zero-order valence-corrected chi connectivity index (χ0v) is 12.2. The molecule has 0 atom stereocenters. The number of ketones is 1. The molecule has 4 heteroatoms. The van der Waals surface area contributed by atoms with E-state index >= 15 is 0 Å². The Bertz CT molecular complexity index is 850. The molecule has 0 radical (unpaired) electrons. The van der Waals surface area contributed by atoms with Gasteiger partial charge in [-0.1, -0.05) is 30.3 Å². The summed E-state index contributed by atoms with van der Waals surface area (Å²) in [6.45, 7) is 1.53. The average Bonchev–Trinajstić information content (AvgIpc) is 2.54. The van der Waals surface area contributed by atoms with E-state index in [9.17, 15) is 4.79 Å². The number of hydrogen-bond donors (Lipinski definition) is 1. The molecule has 3 aromatic rings. The summed E-state index contributed by atoms with van der Waals surface area (Å²) in [7, 11) is 0. The van der Waals surface area contributed by atoms with E-state index in [2.05, 4.69) is 15.3 Å². The second-order valence-corrected chi connectivity index (χ2v) is 4.90. The predicted octanol–water partition coefficient (Wildman–Crippen LogP) is 3.98. The van der Waals surface area contributed by atoms with Crippen molar-refractivity contribution in [1.29, 1.82) is 0 Å². The highest BCUT2D eigenvalue weighted by Crippen LogP contribution is 2.25. The molecule has 22 heavy (non-hydrogen) atoms. The molecule has 0 aliphatic heterocycles. The third kappa shape index (κ3) is 3.01. The fourth-order valence-electron chi connectivity index (χ4n) is 2.20. The van der Waals surface area contributed by atoms with Gasteiger partial charge < -0.3 is 5.32 Å². The topological polar surface area (TPSA) is 54.9 Å². The highest BCUT2D eigenvalue weighted by atomic mass is 16.1. The van der Waals surface area contributed by atoms with Crippen LogP contribution < -0.4 is 5.32 Å². The summed E-state index contributed by atoms with van der Waals surface area (Å²) in [5.74, 6) is 0.761. The van der Waals surface area contributed by atoms with Crippen LogP contribution in [0.2, 0.25) is 0 Å². The van der Waals surface area contributed by atoms with Crippen molar-refractivity contribution in [3.8, 4) is 0 Å². The molecule has 3 rings (SSSR count). The number of nitrogens with zero attached hydrogens (tertiary/aromatic N) is 2. The molecule has 0 saturated carbocycles. The molecular weight excluding hydrogens is 274 g/mol. The van der Waals surface area contributed by atoms with Crippen LogP contribution in [-0.2, 0) is 4.79 Å². The minimum atomic E-state index is 0.0160. The minimum absolute atomic E-state index is 0.0160. The largest absolute Gasteiger partial charge is 0.339 e. The Kier molecular flexibility index (Phi) is 3.92. The van der Waals surface area contributed by atoms with Gasteiger partial charge in [0.25, 0.3) is 0 Å². The lowest BCUT2D eigenvalue weighted by atomic mass is 10.1.